The highest BCUT2D eigenvalue weighted by molar-refractivity contribution is 5.35. The van der Waals surface area contributed by atoms with Crippen molar-refractivity contribution in [3.8, 4) is 5.75 Å². The van der Waals surface area contributed by atoms with E-state index in [1.54, 1.807) is 0 Å². The first-order chi connectivity index (χ1) is 6.81. The summed E-state index contributed by atoms with van der Waals surface area (Å²) in [7, 11) is 0. The molecule has 76 valence electrons. The maximum atomic E-state index is 9.43. The molecule has 1 aliphatic heterocycles. The molecule has 0 aliphatic carbocycles. The predicted octanol–water partition coefficient (Wildman–Crippen LogP) is 0.733. The minimum atomic E-state index is -0.775. The van der Waals surface area contributed by atoms with E-state index in [2.05, 4.69) is 0 Å². The van der Waals surface area contributed by atoms with Gasteiger partial charge in [0.15, 0.2) is 0 Å². The maximum Gasteiger partial charge on any atom is 0.127 e. The molecule has 0 spiro atoms. The number of benzene rings is 1. The number of hydrogen-bond acceptors (Lipinski definition) is 3. The first-order valence-electron chi connectivity index (χ1n) is 4.84. The fraction of sp³-hybridized carbons (Fsp3) is 0.455. The lowest BCUT2D eigenvalue weighted by Crippen LogP contribution is -2.37. The van der Waals surface area contributed by atoms with Crippen molar-refractivity contribution in [3.63, 3.8) is 0 Å². The van der Waals surface area contributed by atoms with E-state index in [4.69, 9.17) is 9.84 Å². The summed E-state index contributed by atoms with van der Waals surface area (Å²) in [6.07, 6.45) is 0.620. The second-order valence-electron chi connectivity index (χ2n) is 3.55. The SMILES string of the molecule is OC[C@@H](O)[C@@H]1CCc2ccccc2O1. The molecule has 0 amide bonds. The molecule has 0 aromatic heterocycles. The van der Waals surface area contributed by atoms with E-state index in [1.165, 1.54) is 5.56 Å². The fourth-order valence-electron chi connectivity index (χ4n) is 1.73. The number of para-hydroxylation sites is 1. The molecule has 1 heterocycles. The van der Waals surface area contributed by atoms with Crippen LogP contribution >= 0.6 is 0 Å². The maximum absolute atomic E-state index is 9.43. The number of aryl methyl sites for hydroxylation is 1. The lowest BCUT2D eigenvalue weighted by atomic mass is 9.99. The number of aliphatic hydroxyl groups excluding tert-OH is 2. The molecule has 2 rings (SSSR count). The van der Waals surface area contributed by atoms with E-state index in [-0.39, 0.29) is 12.7 Å². The minimum Gasteiger partial charge on any atom is -0.487 e. The second kappa shape index (κ2) is 3.98. The van der Waals surface area contributed by atoms with Gasteiger partial charge in [-0.25, -0.2) is 0 Å². The Labute approximate surface area is 83.0 Å². The molecule has 1 aromatic carbocycles. The summed E-state index contributed by atoms with van der Waals surface area (Å²) < 4.78 is 5.57. The Morgan fingerprint density at radius 3 is 3.00 bits per heavy atom. The molecule has 0 radical (unpaired) electrons. The predicted molar refractivity (Wildman–Crippen MR) is 52.3 cm³/mol. The van der Waals surface area contributed by atoms with Gasteiger partial charge in [-0.15, -0.1) is 0 Å². The summed E-state index contributed by atoms with van der Waals surface area (Å²) in [5.74, 6) is 0.830. The van der Waals surface area contributed by atoms with Gasteiger partial charge in [0.25, 0.3) is 0 Å². The molecular weight excluding hydrogens is 180 g/mol. The van der Waals surface area contributed by atoms with Crippen LogP contribution in [0.5, 0.6) is 5.75 Å². The van der Waals surface area contributed by atoms with Crippen molar-refractivity contribution in [2.45, 2.75) is 25.0 Å². The summed E-state index contributed by atoms with van der Waals surface area (Å²) in [4.78, 5) is 0. The average molecular weight is 194 g/mol. The topological polar surface area (TPSA) is 49.7 Å². The summed E-state index contributed by atoms with van der Waals surface area (Å²) >= 11 is 0. The number of hydrogen-bond donors (Lipinski definition) is 2. The Bertz CT molecular complexity index is 311. The van der Waals surface area contributed by atoms with Gasteiger partial charge >= 0.3 is 0 Å². The summed E-state index contributed by atoms with van der Waals surface area (Å²) in [6.45, 7) is -0.243. The van der Waals surface area contributed by atoms with Gasteiger partial charge in [-0.1, -0.05) is 18.2 Å². The molecule has 0 saturated carbocycles. The Hall–Kier alpha value is -1.06. The molecule has 0 saturated heterocycles. The van der Waals surface area contributed by atoms with Crippen molar-refractivity contribution < 1.29 is 14.9 Å². The zero-order valence-corrected chi connectivity index (χ0v) is 7.89. The molecule has 2 atom stereocenters. The van der Waals surface area contributed by atoms with E-state index in [1.807, 2.05) is 24.3 Å². The van der Waals surface area contributed by atoms with Crippen molar-refractivity contribution in [2.24, 2.45) is 0 Å². The molecule has 3 heteroatoms. The van der Waals surface area contributed by atoms with Gasteiger partial charge in [-0.2, -0.15) is 0 Å². The van der Waals surface area contributed by atoms with Gasteiger partial charge in [-0.3, -0.25) is 0 Å². The van der Waals surface area contributed by atoms with Crippen LogP contribution in [0.2, 0.25) is 0 Å². The summed E-state index contributed by atoms with van der Waals surface area (Å²) in [5.41, 5.74) is 1.17. The van der Waals surface area contributed by atoms with Crippen molar-refractivity contribution in [3.05, 3.63) is 29.8 Å². The zero-order chi connectivity index (χ0) is 9.97. The van der Waals surface area contributed by atoms with Crippen LogP contribution in [-0.2, 0) is 6.42 Å². The first kappa shape index (κ1) is 9.49. The molecule has 2 N–H and O–H groups in total. The number of aliphatic hydroxyl groups is 2. The molecule has 1 aliphatic rings. The smallest absolute Gasteiger partial charge is 0.127 e. The summed E-state index contributed by atoms with van der Waals surface area (Å²) in [6, 6.07) is 7.81. The molecule has 0 fully saturated rings. The largest absolute Gasteiger partial charge is 0.487 e. The van der Waals surface area contributed by atoms with Gasteiger partial charge in [-0.05, 0) is 24.5 Å². The van der Waals surface area contributed by atoms with Crippen LogP contribution in [0.15, 0.2) is 24.3 Å². The Balaban J connectivity index is 2.13. The molecule has 0 unspecified atom stereocenters. The quantitative estimate of drug-likeness (QED) is 0.729. The van der Waals surface area contributed by atoms with Gasteiger partial charge in [0.1, 0.15) is 18.0 Å². The third-order valence-corrected chi connectivity index (χ3v) is 2.57. The molecule has 0 bridgehead atoms. The Morgan fingerprint density at radius 1 is 1.43 bits per heavy atom. The Kier molecular flexibility index (Phi) is 2.70. The van der Waals surface area contributed by atoms with E-state index >= 15 is 0 Å². The molecule has 3 nitrogen and oxygen atoms in total. The minimum absolute atomic E-state index is 0.243. The standard InChI is InChI=1S/C11H14O3/c12-7-9(13)11-6-5-8-3-1-2-4-10(8)14-11/h1-4,9,11-13H,5-7H2/t9-,11+/m1/s1. The van der Waals surface area contributed by atoms with E-state index < -0.39 is 6.10 Å². The van der Waals surface area contributed by atoms with Gasteiger partial charge in [0.05, 0.1) is 6.61 Å². The van der Waals surface area contributed by atoms with Gasteiger partial charge in [0, 0.05) is 0 Å². The monoisotopic (exact) mass is 194 g/mol. The highest BCUT2D eigenvalue weighted by atomic mass is 16.5. The third kappa shape index (κ3) is 1.74. The number of fused-ring (bicyclic) bond motifs is 1. The van der Waals surface area contributed by atoms with Crippen molar-refractivity contribution >= 4 is 0 Å². The molecular formula is C11H14O3. The van der Waals surface area contributed by atoms with Crippen LogP contribution in [0.4, 0.5) is 0 Å². The number of ether oxygens (including phenoxy) is 1. The first-order valence-corrected chi connectivity index (χ1v) is 4.84. The van der Waals surface area contributed by atoms with E-state index in [9.17, 15) is 5.11 Å². The molecule has 1 aromatic rings. The lowest BCUT2D eigenvalue weighted by molar-refractivity contribution is -0.00958. The highest BCUT2D eigenvalue weighted by Gasteiger charge is 2.25. The van der Waals surface area contributed by atoms with Crippen molar-refractivity contribution in [1.29, 1.82) is 0 Å². The van der Waals surface area contributed by atoms with Crippen LogP contribution in [0.3, 0.4) is 0 Å². The Morgan fingerprint density at radius 2 is 2.21 bits per heavy atom. The van der Waals surface area contributed by atoms with Gasteiger partial charge < -0.3 is 14.9 Å². The van der Waals surface area contributed by atoms with E-state index in [0.717, 1.165) is 18.6 Å². The molecule has 14 heavy (non-hydrogen) atoms. The zero-order valence-electron chi connectivity index (χ0n) is 7.89. The third-order valence-electron chi connectivity index (χ3n) is 2.57. The highest BCUT2D eigenvalue weighted by Crippen LogP contribution is 2.27. The van der Waals surface area contributed by atoms with Crippen LogP contribution in [-0.4, -0.2) is 29.0 Å². The van der Waals surface area contributed by atoms with Gasteiger partial charge in [0.2, 0.25) is 0 Å². The average Bonchev–Trinajstić information content (AvgIpc) is 2.27. The fourth-order valence-corrected chi connectivity index (χ4v) is 1.73. The van der Waals surface area contributed by atoms with Crippen LogP contribution in [0.25, 0.3) is 0 Å². The second-order valence-corrected chi connectivity index (χ2v) is 3.55. The van der Waals surface area contributed by atoms with Crippen molar-refractivity contribution in [2.75, 3.05) is 6.61 Å². The normalized spacial score (nSPS) is 22.3. The van der Waals surface area contributed by atoms with Crippen LogP contribution in [0, 0.1) is 0 Å². The number of rotatable bonds is 2. The summed E-state index contributed by atoms with van der Waals surface area (Å²) in [5, 5.41) is 18.2. The van der Waals surface area contributed by atoms with Crippen LogP contribution in [0.1, 0.15) is 12.0 Å². The van der Waals surface area contributed by atoms with E-state index in [0.29, 0.717) is 0 Å². The van der Waals surface area contributed by atoms with Crippen LogP contribution < -0.4 is 4.74 Å². The lowest BCUT2D eigenvalue weighted by Gasteiger charge is -2.28. The van der Waals surface area contributed by atoms with Crippen molar-refractivity contribution in [1.82, 2.24) is 0 Å².